The molecule has 0 saturated heterocycles. The highest BCUT2D eigenvalue weighted by molar-refractivity contribution is 7.99. The molecular formula is C22H21ClN4O2S. The third kappa shape index (κ3) is 5.30. The molecule has 4 rings (SSSR count). The highest BCUT2D eigenvalue weighted by Gasteiger charge is 2.21. The Labute approximate surface area is 183 Å². The van der Waals surface area contributed by atoms with Gasteiger partial charge in [-0.25, -0.2) is 4.98 Å². The van der Waals surface area contributed by atoms with Crippen LogP contribution in [0.2, 0.25) is 5.02 Å². The minimum Gasteiger partial charge on any atom is -0.325 e. The zero-order chi connectivity index (χ0) is 20.9. The number of aromatic amines is 1. The van der Waals surface area contributed by atoms with Crippen molar-refractivity contribution in [1.82, 2.24) is 14.9 Å². The van der Waals surface area contributed by atoms with E-state index in [0.29, 0.717) is 28.7 Å². The highest BCUT2D eigenvalue weighted by atomic mass is 35.5. The number of nitrogens with zero attached hydrogens (tertiary/aromatic N) is 2. The molecule has 0 atom stereocenters. The molecule has 154 valence electrons. The highest BCUT2D eigenvalue weighted by Crippen LogP contribution is 2.20. The SMILES string of the molecule is O=C(CSc1nc2c(c(=O)[nH]1)CN(Cc1ccc(Cl)cc1)CC2)Nc1ccccc1. The molecule has 1 aromatic heterocycles. The topological polar surface area (TPSA) is 78.1 Å². The number of rotatable bonds is 6. The van der Waals surface area contributed by atoms with Gasteiger partial charge in [0.15, 0.2) is 5.16 Å². The van der Waals surface area contributed by atoms with Gasteiger partial charge in [0.25, 0.3) is 5.56 Å². The first-order valence-electron chi connectivity index (χ1n) is 9.63. The van der Waals surface area contributed by atoms with E-state index in [4.69, 9.17) is 11.6 Å². The number of anilines is 1. The van der Waals surface area contributed by atoms with Gasteiger partial charge in [-0.1, -0.05) is 53.7 Å². The van der Waals surface area contributed by atoms with Crippen LogP contribution in [-0.4, -0.2) is 33.1 Å². The van der Waals surface area contributed by atoms with Crippen LogP contribution in [0.15, 0.2) is 64.5 Å². The van der Waals surface area contributed by atoms with E-state index in [1.165, 1.54) is 11.8 Å². The number of hydrogen-bond donors (Lipinski definition) is 2. The Morgan fingerprint density at radius 2 is 1.93 bits per heavy atom. The standard InChI is InChI=1S/C22H21ClN4O2S/c23-16-8-6-15(7-9-16)12-27-11-10-19-18(13-27)21(29)26-22(25-19)30-14-20(28)24-17-4-2-1-3-5-17/h1-9H,10-14H2,(H,24,28)(H,25,26,29). The third-order valence-corrected chi connectivity index (χ3v) is 5.97. The summed E-state index contributed by atoms with van der Waals surface area (Å²) in [6.07, 6.45) is 0.705. The van der Waals surface area contributed by atoms with Crippen molar-refractivity contribution in [3.05, 3.63) is 86.8 Å². The number of aromatic nitrogens is 2. The van der Waals surface area contributed by atoms with E-state index in [2.05, 4.69) is 20.2 Å². The second kappa shape index (κ2) is 9.47. The zero-order valence-electron chi connectivity index (χ0n) is 16.2. The Bertz CT molecular complexity index is 1090. The molecule has 0 saturated carbocycles. The van der Waals surface area contributed by atoms with Crippen molar-refractivity contribution >= 4 is 35.0 Å². The van der Waals surface area contributed by atoms with Crippen LogP contribution in [0.3, 0.4) is 0 Å². The van der Waals surface area contributed by atoms with Crippen molar-refractivity contribution in [3.8, 4) is 0 Å². The summed E-state index contributed by atoms with van der Waals surface area (Å²) in [5, 5.41) is 4.02. The lowest BCUT2D eigenvalue weighted by molar-refractivity contribution is -0.113. The van der Waals surface area contributed by atoms with Crippen molar-refractivity contribution in [1.29, 1.82) is 0 Å². The van der Waals surface area contributed by atoms with Crippen molar-refractivity contribution in [2.75, 3.05) is 17.6 Å². The van der Waals surface area contributed by atoms with Gasteiger partial charge in [0.1, 0.15) is 0 Å². The van der Waals surface area contributed by atoms with Crippen LogP contribution in [0, 0.1) is 0 Å². The maximum Gasteiger partial charge on any atom is 0.256 e. The maximum absolute atomic E-state index is 12.6. The van der Waals surface area contributed by atoms with E-state index in [-0.39, 0.29) is 17.2 Å². The van der Waals surface area contributed by atoms with Crippen LogP contribution in [0.25, 0.3) is 0 Å². The van der Waals surface area contributed by atoms with Gasteiger partial charge in [-0.05, 0) is 29.8 Å². The summed E-state index contributed by atoms with van der Waals surface area (Å²) in [7, 11) is 0. The van der Waals surface area contributed by atoms with E-state index in [9.17, 15) is 9.59 Å². The number of nitrogens with one attached hydrogen (secondary N) is 2. The molecule has 2 heterocycles. The molecule has 3 aromatic rings. The molecule has 0 radical (unpaired) electrons. The van der Waals surface area contributed by atoms with E-state index in [1.54, 1.807) is 0 Å². The number of benzene rings is 2. The summed E-state index contributed by atoms with van der Waals surface area (Å²) < 4.78 is 0. The first kappa shape index (κ1) is 20.7. The summed E-state index contributed by atoms with van der Waals surface area (Å²) in [4.78, 5) is 34.4. The molecular weight excluding hydrogens is 420 g/mol. The van der Waals surface area contributed by atoms with E-state index in [1.807, 2.05) is 54.6 Å². The van der Waals surface area contributed by atoms with E-state index in [0.717, 1.165) is 30.0 Å². The number of halogens is 1. The van der Waals surface area contributed by atoms with Crippen LogP contribution in [0.4, 0.5) is 5.69 Å². The van der Waals surface area contributed by atoms with Gasteiger partial charge in [0, 0.05) is 36.8 Å². The number of para-hydroxylation sites is 1. The van der Waals surface area contributed by atoms with Gasteiger partial charge in [-0.3, -0.25) is 14.5 Å². The lowest BCUT2D eigenvalue weighted by Crippen LogP contribution is -2.35. The quantitative estimate of drug-likeness (QED) is 0.451. The predicted octanol–water partition coefficient (Wildman–Crippen LogP) is 3.71. The lowest BCUT2D eigenvalue weighted by atomic mass is 10.1. The Balaban J connectivity index is 1.37. The van der Waals surface area contributed by atoms with Crippen molar-refractivity contribution in [2.24, 2.45) is 0 Å². The van der Waals surface area contributed by atoms with Crippen molar-refractivity contribution in [2.45, 2.75) is 24.7 Å². The van der Waals surface area contributed by atoms with E-state index < -0.39 is 0 Å². The first-order chi connectivity index (χ1) is 14.6. The molecule has 0 spiro atoms. The third-order valence-electron chi connectivity index (χ3n) is 4.84. The maximum atomic E-state index is 12.6. The van der Waals surface area contributed by atoms with Gasteiger partial charge in [-0.15, -0.1) is 0 Å². The summed E-state index contributed by atoms with van der Waals surface area (Å²) in [6, 6.07) is 17.0. The number of thioether (sulfide) groups is 1. The largest absolute Gasteiger partial charge is 0.325 e. The molecule has 8 heteroatoms. The number of carbonyl (C=O) groups excluding carboxylic acids is 1. The minimum atomic E-state index is -0.138. The number of hydrogen-bond acceptors (Lipinski definition) is 5. The Kier molecular flexibility index (Phi) is 6.52. The van der Waals surface area contributed by atoms with Crippen LogP contribution in [0.1, 0.15) is 16.8 Å². The summed E-state index contributed by atoms with van der Waals surface area (Å²) in [5.41, 5.74) is 3.29. The molecule has 0 unspecified atom stereocenters. The van der Waals surface area contributed by atoms with E-state index >= 15 is 0 Å². The zero-order valence-corrected chi connectivity index (χ0v) is 17.8. The smallest absolute Gasteiger partial charge is 0.256 e. The molecule has 1 aliphatic rings. The second-order valence-electron chi connectivity index (χ2n) is 7.09. The van der Waals surface area contributed by atoms with Crippen LogP contribution >= 0.6 is 23.4 Å². The van der Waals surface area contributed by atoms with Crippen LogP contribution in [0.5, 0.6) is 0 Å². The summed E-state index contributed by atoms with van der Waals surface area (Å²) in [6.45, 7) is 2.14. The van der Waals surface area contributed by atoms with Crippen LogP contribution in [-0.2, 0) is 24.3 Å². The molecule has 0 fully saturated rings. The monoisotopic (exact) mass is 440 g/mol. The van der Waals surface area contributed by atoms with Gasteiger partial charge < -0.3 is 10.3 Å². The van der Waals surface area contributed by atoms with Crippen molar-refractivity contribution in [3.63, 3.8) is 0 Å². The summed E-state index contributed by atoms with van der Waals surface area (Å²) >= 11 is 7.18. The average molecular weight is 441 g/mol. The number of H-pyrrole nitrogens is 1. The molecule has 2 aromatic carbocycles. The van der Waals surface area contributed by atoms with Gasteiger partial charge >= 0.3 is 0 Å². The fourth-order valence-corrected chi connectivity index (χ4v) is 4.17. The Hall–Kier alpha value is -2.61. The second-order valence-corrected chi connectivity index (χ2v) is 8.49. The normalized spacial score (nSPS) is 13.6. The minimum absolute atomic E-state index is 0.133. The Morgan fingerprint density at radius 3 is 2.70 bits per heavy atom. The van der Waals surface area contributed by atoms with Gasteiger partial charge in [0.2, 0.25) is 5.91 Å². The fraction of sp³-hybridized carbons (Fsp3) is 0.227. The van der Waals surface area contributed by atoms with Gasteiger partial charge in [0.05, 0.1) is 17.0 Å². The van der Waals surface area contributed by atoms with Crippen LogP contribution < -0.4 is 10.9 Å². The summed E-state index contributed by atoms with van der Waals surface area (Å²) in [5.74, 6) is 0.0416. The van der Waals surface area contributed by atoms with Crippen molar-refractivity contribution < 1.29 is 4.79 Å². The number of carbonyl (C=O) groups is 1. The molecule has 0 aliphatic carbocycles. The molecule has 30 heavy (non-hydrogen) atoms. The number of fused-ring (bicyclic) bond motifs is 1. The fourth-order valence-electron chi connectivity index (χ4n) is 3.36. The molecule has 2 N–H and O–H groups in total. The first-order valence-corrected chi connectivity index (χ1v) is 11.0. The Morgan fingerprint density at radius 1 is 1.17 bits per heavy atom. The average Bonchev–Trinajstić information content (AvgIpc) is 2.75. The van der Waals surface area contributed by atoms with Gasteiger partial charge in [-0.2, -0.15) is 0 Å². The molecule has 1 amide bonds. The lowest BCUT2D eigenvalue weighted by Gasteiger charge is -2.27. The number of amides is 1. The molecule has 0 bridgehead atoms. The predicted molar refractivity (Wildman–Crippen MR) is 120 cm³/mol. The molecule has 6 nitrogen and oxygen atoms in total. The molecule has 1 aliphatic heterocycles.